The standard InChI is InChI=1S/C15H14N2O3/c1-2-8-17(11-15(19)20)14(18)7-6-12-4-3-5-13(9-12)10-16/h2-7,9H,1,8,11H2,(H,19,20). The molecule has 0 unspecified atom stereocenters. The Kier molecular flexibility index (Phi) is 5.73. The summed E-state index contributed by atoms with van der Waals surface area (Å²) in [6.07, 6.45) is 4.29. The van der Waals surface area contributed by atoms with E-state index in [1.807, 2.05) is 6.07 Å². The molecule has 5 nitrogen and oxygen atoms in total. The Morgan fingerprint density at radius 2 is 2.20 bits per heavy atom. The van der Waals surface area contributed by atoms with Crippen LogP contribution in [0.25, 0.3) is 6.08 Å². The third-order valence-corrected chi connectivity index (χ3v) is 2.42. The van der Waals surface area contributed by atoms with E-state index in [2.05, 4.69) is 6.58 Å². The van der Waals surface area contributed by atoms with E-state index < -0.39 is 11.9 Å². The highest BCUT2D eigenvalue weighted by atomic mass is 16.4. The number of hydrogen-bond acceptors (Lipinski definition) is 3. The first-order valence-electron chi connectivity index (χ1n) is 5.86. The summed E-state index contributed by atoms with van der Waals surface area (Å²) in [6, 6.07) is 8.76. The van der Waals surface area contributed by atoms with Crippen LogP contribution in [0.1, 0.15) is 11.1 Å². The number of nitriles is 1. The second-order valence-electron chi connectivity index (χ2n) is 3.97. The van der Waals surface area contributed by atoms with Crippen LogP contribution in [0.15, 0.2) is 43.0 Å². The number of carboxylic acids is 1. The number of carbonyl (C=O) groups is 2. The van der Waals surface area contributed by atoms with Crippen LogP contribution in [-0.2, 0) is 9.59 Å². The lowest BCUT2D eigenvalue weighted by atomic mass is 10.1. The van der Waals surface area contributed by atoms with Gasteiger partial charge in [-0.15, -0.1) is 6.58 Å². The van der Waals surface area contributed by atoms with Gasteiger partial charge in [0, 0.05) is 12.6 Å². The predicted octanol–water partition coefficient (Wildman–Crippen LogP) is 1.67. The molecule has 5 heteroatoms. The van der Waals surface area contributed by atoms with Crippen molar-refractivity contribution in [2.75, 3.05) is 13.1 Å². The Balaban J connectivity index is 2.80. The van der Waals surface area contributed by atoms with Crippen LogP contribution in [0.5, 0.6) is 0 Å². The molecule has 0 atom stereocenters. The maximum absolute atomic E-state index is 11.9. The fraction of sp³-hybridized carbons (Fsp3) is 0.133. The highest BCUT2D eigenvalue weighted by molar-refractivity contribution is 5.93. The van der Waals surface area contributed by atoms with Gasteiger partial charge in [-0.3, -0.25) is 9.59 Å². The fourth-order valence-corrected chi connectivity index (χ4v) is 1.54. The van der Waals surface area contributed by atoms with E-state index >= 15 is 0 Å². The maximum Gasteiger partial charge on any atom is 0.323 e. The SMILES string of the molecule is C=CCN(CC(=O)O)C(=O)C=Cc1cccc(C#N)c1. The quantitative estimate of drug-likeness (QED) is 0.629. The second kappa shape index (κ2) is 7.54. The lowest BCUT2D eigenvalue weighted by Crippen LogP contribution is -2.34. The number of carboxylic acid groups (broad SMARTS) is 1. The van der Waals surface area contributed by atoms with Crippen molar-refractivity contribution in [2.45, 2.75) is 0 Å². The summed E-state index contributed by atoms with van der Waals surface area (Å²) in [4.78, 5) is 23.7. The first kappa shape index (κ1) is 15.2. The first-order valence-corrected chi connectivity index (χ1v) is 5.86. The van der Waals surface area contributed by atoms with Crippen LogP contribution in [0.2, 0.25) is 0 Å². The zero-order valence-corrected chi connectivity index (χ0v) is 10.8. The normalized spacial score (nSPS) is 9.95. The van der Waals surface area contributed by atoms with Gasteiger partial charge >= 0.3 is 5.97 Å². The van der Waals surface area contributed by atoms with Gasteiger partial charge in [-0.25, -0.2) is 0 Å². The molecule has 102 valence electrons. The second-order valence-corrected chi connectivity index (χ2v) is 3.97. The van der Waals surface area contributed by atoms with E-state index in [-0.39, 0.29) is 13.1 Å². The summed E-state index contributed by atoms with van der Waals surface area (Å²) in [5.41, 5.74) is 1.19. The van der Waals surface area contributed by atoms with Crippen LogP contribution in [0.4, 0.5) is 0 Å². The number of aliphatic carboxylic acids is 1. The predicted molar refractivity (Wildman–Crippen MR) is 74.6 cm³/mol. The fourth-order valence-electron chi connectivity index (χ4n) is 1.54. The Morgan fingerprint density at radius 1 is 1.45 bits per heavy atom. The summed E-state index contributed by atoms with van der Waals surface area (Å²) in [5, 5.41) is 17.5. The van der Waals surface area contributed by atoms with Crippen LogP contribution in [-0.4, -0.2) is 35.0 Å². The molecular formula is C15H14N2O3. The van der Waals surface area contributed by atoms with Crippen molar-refractivity contribution < 1.29 is 14.7 Å². The molecule has 1 N–H and O–H groups in total. The molecule has 0 saturated carbocycles. The zero-order chi connectivity index (χ0) is 15.0. The number of amides is 1. The molecule has 0 spiro atoms. The number of rotatable bonds is 6. The number of benzene rings is 1. The first-order chi connectivity index (χ1) is 9.56. The molecule has 0 aliphatic carbocycles. The van der Waals surface area contributed by atoms with E-state index in [0.29, 0.717) is 11.1 Å². The summed E-state index contributed by atoms with van der Waals surface area (Å²) in [7, 11) is 0. The van der Waals surface area contributed by atoms with Crippen LogP contribution >= 0.6 is 0 Å². The minimum atomic E-state index is -1.08. The Labute approximate surface area is 117 Å². The van der Waals surface area contributed by atoms with Gasteiger partial charge in [0.1, 0.15) is 6.54 Å². The Bertz CT molecular complexity index is 585. The van der Waals surface area contributed by atoms with Crippen LogP contribution in [0, 0.1) is 11.3 Å². The average molecular weight is 270 g/mol. The summed E-state index contributed by atoms with van der Waals surface area (Å²) in [5.74, 6) is -1.50. The molecule has 0 heterocycles. The highest BCUT2D eigenvalue weighted by Gasteiger charge is 2.12. The zero-order valence-electron chi connectivity index (χ0n) is 10.8. The molecule has 0 saturated heterocycles. The topological polar surface area (TPSA) is 81.4 Å². The molecule has 0 fully saturated rings. The van der Waals surface area contributed by atoms with Crippen molar-refractivity contribution in [2.24, 2.45) is 0 Å². The molecule has 20 heavy (non-hydrogen) atoms. The van der Waals surface area contributed by atoms with Crippen molar-refractivity contribution >= 4 is 18.0 Å². The van der Waals surface area contributed by atoms with E-state index in [0.717, 1.165) is 4.90 Å². The lowest BCUT2D eigenvalue weighted by Gasteiger charge is -2.16. The van der Waals surface area contributed by atoms with Gasteiger partial charge in [-0.1, -0.05) is 18.2 Å². The molecule has 1 aromatic carbocycles. The van der Waals surface area contributed by atoms with Gasteiger partial charge < -0.3 is 10.0 Å². The molecule has 0 bridgehead atoms. The Hall–Kier alpha value is -2.87. The van der Waals surface area contributed by atoms with Gasteiger partial charge in [0.25, 0.3) is 0 Å². The maximum atomic E-state index is 11.9. The molecular weight excluding hydrogens is 256 g/mol. The van der Waals surface area contributed by atoms with Crippen molar-refractivity contribution in [1.82, 2.24) is 4.90 Å². The van der Waals surface area contributed by atoms with Crippen LogP contribution < -0.4 is 0 Å². The third kappa shape index (κ3) is 4.78. The molecule has 0 aliphatic rings. The number of nitrogens with zero attached hydrogens (tertiary/aromatic N) is 2. The minimum absolute atomic E-state index is 0.160. The lowest BCUT2D eigenvalue weighted by molar-refractivity contribution is -0.142. The van der Waals surface area contributed by atoms with Crippen LogP contribution in [0.3, 0.4) is 0 Å². The summed E-state index contributed by atoms with van der Waals surface area (Å²) in [6.45, 7) is 3.26. The molecule has 1 rings (SSSR count). The molecule has 1 amide bonds. The third-order valence-electron chi connectivity index (χ3n) is 2.42. The van der Waals surface area contributed by atoms with Gasteiger partial charge in [-0.2, -0.15) is 5.26 Å². The molecule has 0 aliphatic heterocycles. The van der Waals surface area contributed by atoms with Gasteiger partial charge in [-0.05, 0) is 23.8 Å². The van der Waals surface area contributed by atoms with E-state index in [1.54, 1.807) is 30.3 Å². The van der Waals surface area contributed by atoms with Crippen molar-refractivity contribution in [3.8, 4) is 6.07 Å². The summed E-state index contributed by atoms with van der Waals surface area (Å²) < 4.78 is 0. The molecule has 0 aromatic heterocycles. The average Bonchev–Trinajstić information content (AvgIpc) is 2.44. The van der Waals surface area contributed by atoms with E-state index in [1.165, 1.54) is 12.2 Å². The summed E-state index contributed by atoms with van der Waals surface area (Å²) >= 11 is 0. The van der Waals surface area contributed by atoms with Crippen molar-refractivity contribution in [3.63, 3.8) is 0 Å². The van der Waals surface area contributed by atoms with Gasteiger partial charge in [0.15, 0.2) is 0 Å². The number of hydrogen-bond donors (Lipinski definition) is 1. The smallest absolute Gasteiger partial charge is 0.323 e. The largest absolute Gasteiger partial charge is 0.480 e. The van der Waals surface area contributed by atoms with Gasteiger partial charge in [0.05, 0.1) is 11.6 Å². The van der Waals surface area contributed by atoms with Crippen molar-refractivity contribution in [1.29, 1.82) is 5.26 Å². The minimum Gasteiger partial charge on any atom is -0.480 e. The van der Waals surface area contributed by atoms with E-state index in [9.17, 15) is 9.59 Å². The van der Waals surface area contributed by atoms with Gasteiger partial charge in [0.2, 0.25) is 5.91 Å². The number of carbonyl (C=O) groups excluding carboxylic acids is 1. The van der Waals surface area contributed by atoms with Crippen molar-refractivity contribution in [3.05, 3.63) is 54.1 Å². The molecule has 0 radical (unpaired) electrons. The molecule has 1 aromatic rings. The highest BCUT2D eigenvalue weighted by Crippen LogP contribution is 2.06. The van der Waals surface area contributed by atoms with E-state index in [4.69, 9.17) is 10.4 Å². The Morgan fingerprint density at radius 3 is 2.80 bits per heavy atom. The monoisotopic (exact) mass is 270 g/mol.